The summed E-state index contributed by atoms with van der Waals surface area (Å²) >= 11 is 0. The number of amides is 2. The fraction of sp³-hybridized carbons (Fsp3) is 0.375. The lowest BCUT2D eigenvalue weighted by Gasteiger charge is -2.32. The molecule has 3 rings (SSSR count). The Kier molecular flexibility index (Phi) is 10.9. The van der Waals surface area contributed by atoms with E-state index in [4.69, 9.17) is 4.74 Å². The maximum Gasteiger partial charge on any atom is 0.264 e. The molecule has 0 spiro atoms. The van der Waals surface area contributed by atoms with Gasteiger partial charge in [-0.2, -0.15) is 0 Å². The molecule has 3 aromatic carbocycles. The summed E-state index contributed by atoms with van der Waals surface area (Å²) < 4.78 is 34.5. The zero-order valence-corrected chi connectivity index (χ0v) is 25.6. The fourth-order valence-corrected chi connectivity index (χ4v) is 5.66. The molecule has 0 radical (unpaired) electrons. The van der Waals surface area contributed by atoms with Crippen LogP contribution in [0.4, 0.5) is 5.69 Å². The molecule has 0 aliphatic heterocycles. The molecule has 0 fully saturated rings. The smallest absolute Gasteiger partial charge is 0.264 e. The number of aryl methyl sites for hydroxylation is 2. The summed E-state index contributed by atoms with van der Waals surface area (Å²) in [5, 5.41) is 2.90. The van der Waals surface area contributed by atoms with E-state index in [2.05, 4.69) is 5.32 Å². The molecule has 3 aromatic rings. The van der Waals surface area contributed by atoms with E-state index in [0.29, 0.717) is 24.6 Å². The molecule has 0 saturated heterocycles. The minimum atomic E-state index is -4.13. The number of ether oxygens (including phenoxy) is 1. The van der Waals surface area contributed by atoms with Crippen LogP contribution in [-0.2, 0) is 26.2 Å². The van der Waals surface area contributed by atoms with E-state index >= 15 is 0 Å². The number of nitrogens with one attached hydrogen (secondary N) is 1. The molecule has 0 heterocycles. The van der Waals surface area contributed by atoms with Gasteiger partial charge >= 0.3 is 0 Å². The number of carbonyl (C=O) groups excluding carboxylic acids is 2. The van der Waals surface area contributed by atoms with Gasteiger partial charge in [0.1, 0.15) is 18.3 Å². The van der Waals surface area contributed by atoms with Crippen LogP contribution in [0, 0.1) is 19.8 Å². The lowest BCUT2D eigenvalue weighted by molar-refractivity contribution is -0.139. The van der Waals surface area contributed by atoms with E-state index in [-0.39, 0.29) is 23.3 Å². The average molecular weight is 580 g/mol. The second-order valence-electron chi connectivity index (χ2n) is 10.5. The lowest BCUT2D eigenvalue weighted by Crippen LogP contribution is -2.51. The monoisotopic (exact) mass is 579 g/mol. The summed E-state index contributed by atoms with van der Waals surface area (Å²) in [7, 11) is -4.13. The quantitative estimate of drug-likeness (QED) is 0.305. The first-order valence-corrected chi connectivity index (χ1v) is 15.3. The zero-order valence-electron chi connectivity index (χ0n) is 24.8. The van der Waals surface area contributed by atoms with Crippen LogP contribution < -0.4 is 14.4 Å². The van der Waals surface area contributed by atoms with Crippen molar-refractivity contribution in [3.63, 3.8) is 0 Å². The minimum Gasteiger partial charge on any atom is -0.494 e. The van der Waals surface area contributed by atoms with Crippen molar-refractivity contribution in [3.05, 3.63) is 89.5 Å². The van der Waals surface area contributed by atoms with Gasteiger partial charge in [-0.3, -0.25) is 13.9 Å². The van der Waals surface area contributed by atoms with Gasteiger partial charge in [-0.1, -0.05) is 55.8 Å². The van der Waals surface area contributed by atoms with Crippen LogP contribution in [0.5, 0.6) is 5.75 Å². The highest BCUT2D eigenvalue weighted by Gasteiger charge is 2.32. The Balaban J connectivity index is 2.03. The Morgan fingerprint density at radius 2 is 1.54 bits per heavy atom. The topological polar surface area (TPSA) is 96.0 Å². The van der Waals surface area contributed by atoms with Crippen molar-refractivity contribution in [1.29, 1.82) is 0 Å². The number of benzene rings is 3. The molecule has 9 heteroatoms. The Morgan fingerprint density at radius 3 is 2.12 bits per heavy atom. The number of hydrogen-bond donors (Lipinski definition) is 1. The van der Waals surface area contributed by atoms with Gasteiger partial charge in [-0.15, -0.1) is 0 Å². The van der Waals surface area contributed by atoms with Gasteiger partial charge in [0.05, 0.1) is 17.2 Å². The van der Waals surface area contributed by atoms with Gasteiger partial charge in [0.15, 0.2) is 0 Å². The summed E-state index contributed by atoms with van der Waals surface area (Å²) in [6.45, 7) is 11.9. The van der Waals surface area contributed by atoms with E-state index in [0.717, 1.165) is 21.0 Å². The van der Waals surface area contributed by atoms with Crippen molar-refractivity contribution in [3.8, 4) is 5.75 Å². The minimum absolute atomic E-state index is 0.0676. The molecular weight excluding hydrogens is 538 g/mol. The second kappa shape index (κ2) is 14.2. The Morgan fingerprint density at radius 1 is 0.902 bits per heavy atom. The predicted octanol–water partition coefficient (Wildman–Crippen LogP) is 5.09. The highest BCUT2D eigenvalue weighted by Crippen LogP contribution is 2.27. The zero-order chi connectivity index (χ0) is 30.2. The van der Waals surface area contributed by atoms with Crippen LogP contribution in [0.3, 0.4) is 0 Å². The normalized spacial score (nSPS) is 12.1. The number of hydrogen-bond acceptors (Lipinski definition) is 5. The third-order valence-electron chi connectivity index (χ3n) is 6.78. The van der Waals surface area contributed by atoms with Crippen LogP contribution in [0.1, 0.15) is 44.4 Å². The summed E-state index contributed by atoms with van der Waals surface area (Å²) in [5.41, 5.74) is 3.07. The van der Waals surface area contributed by atoms with Gasteiger partial charge in [-0.05, 0) is 81.1 Å². The van der Waals surface area contributed by atoms with Crippen molar-refractivity contribution >= 4 is 27.5 Å². The largest absolute Gasteiger partial charge is 0.494 e. The highest BCUT2D eigenvalue weighted by molar-refractivity contribution is 7.92. The van der Waals surface area contributed by atoms with Gasteiger partial charge in [0.25, 0.3) is 10.0 Å². The molecule has 8 nitrogen and oxygen atoms in total. The van der Waals surface area contributed by atoms with Crippen molar-refractivity contribution in [2.24, 2.45) is 5.92 Å². The summed E-state index contributed by atoms with van der Waals surface area (Å²) in [4.78, 5) is 28.7. The second-order valence-corrected chi connectivity index (χ2v) is 12.4. The summed E-state index contributed by atoms with van der Waals surface area (Å²) in [6.07, 6.45) is 0. The number of rotatable bonds is 13. The first kappa shape index (κ1) is 31.7. The molecular formula is C32H41N3O5S. The Bertz CT molecular complexity index is 1420. The predicted molar refractivity (Wildman–Crippen MR) is 162 cm³/mol. The van der Waals surface area contributed by atoms with Gasteiger partial charge in [0, 0.05) is 13.1 Å². The van der Waals surface area contributed by atoms with Crippen molar-refractivity contribution < 1.29 is 22.7 Å². The van der Waals surface area contributed by atoms with E-state index < -0.39 is 28.5 Å². The first-order chi connectivity index (χ1) is 19.4. The van der Waals surface area contributed by atoms with Gasteiger partial charge in [0.2, 0.25) is 11.8 Å². The maximum atomic E-state index is 14.0. The Hall–Kier alpha value is -3.85. The number of nitrogens with zero attached hydrogens (tertiary/aromatic N) is 2. The lowest BCUT2D eigenvalue weighted by atomic mass is 10.1. The molecule has 1 N–H and O–H groups in total. The molecule has 2 amide bonds. The van der Waals surface area contributed by atoms with Crippen LogP contribution in [0.15, 0.2) is 77.7 Å². The molecule has 1 atom stereocenters. The van der Waals surface area contributed by atoms with E-state index in [1.54, 1.807) is 43.3 Å². The number of anilines is 1. The number of sulfonamides is 1. The van der Waals surface area contributed by atoms with Crippen LogP contribution in [0.25, 0.3) is 0 Å². The summed E-state index contributed by atoms with van der Waals surface area (Å²) in [5.74, 6) is 0.0352. The van der Waals surface area contributed by atoms with E-state index in [9.17, 15) is 18.0 Å². The van der Waals surface area contributed by atoms with E-state index in [1.807, 2.05) is 58.9 Å². The molecule has 0 aliphatic rings. The Labute approximate surface area is 244 Å². The van der Waals surface area contributed by atoms with Crippen LogP contribution >= 0.6 is 0 Å². The van der Waals surface area contributed by atoms with E-state index in [1.165, 1.54) is 17.0 Å². The first-order valence-electron chi connectivity index (χ1n) is 13.9. The van der Waals surface area contributed by atoms with Crippen LogP contribution in [0.2, 0.25) is 0 Å². The van der Waals surface area contributed by atoms with Crippen molar-refractivity contribution in [2.75, 3.05) is 24.0 Å². The standard InChI is InChI=1S/C32H41N3O5S/c1-7-40-29-16-14-28(15-17-29)35(41(38,39)30-18-12-24(4)13-19-30)22-31(36)34(21-27-11-9-8-10-25(27)5)26(6)32(37)33-20-23(2)3/h8-19,23,26H,7,20-22H2,1-6H3,(H,33,37). The SMILES string of the molecule is CCOc1ccc(N(CC(=O)N(Cc2ccccc2C)C(C)C(=O)NCC(C)C)S(=O)(=O)c2ccc(C)cc2)cc1. The molecule has 41 heavy (non-hydrogen) atoms. The maximum absolute atomic E-state index is 14.0. The van der Waals surface area contributed by atoms with Crippen molar-refractivity contribution in [2.45, 2.75) is 59.0 Å². The summed E-state index contributed by atoms with van der Waals surface area (Å²) in [6, 6.07) is 19.9. The van der Waals surface area contributed by atoms with Crippen LogP contribution in [-0.4, -0.2) is 50.9 Å². The van der Waals surface area contributed by atoms with Gasteiger partial charge in [-0.25, -0.2) is 8.42 Å². The van der Waals surface area contributed by atoms with Crippen molar-refractivity contribution in [1.82, 2.24) is 10.2 Å². The number of carbonyl (C=O) groups is 2. The molecule has 1 unspecified atom stereocenters. The molecule has 0 saturated carbocycles. The fourth-order valence-electron chi connectivity index (χ4n) is 4.25. The third-order valence-corrected chi connectivity index (χ3v) is 8.57. The highest BCUT2D eigenvalue weighted by atomic mass is 32.2. The molecule has 0 aliphatic carbocycles. The molecule has 0 aromatic heterocycles. The van der Waals surface area contributed by atoms with Gasteiger partial charge < -0.3 is 15.0 Å². The third kappa shape index (κ3) is 8.33. The molecule has 220 valence electrons. The molecule has 0 bridgehead atoms. The average Bonchev–Trinajstić information content (AvgIpc) is 2.94.